The van der Waals surface area contributed by atoms with Crippen LogP contribution in [0.5, 0.6) is 0 Å². The van der Waals surface area contributed by atoms with Gasteiger partial charge in [-0.1, -0.05) is 71.0 Å². The second-order valence-electron chi connectivity index (χ2n) is 14.8. The first-order chi connectivity index (χ1) is 22.9. The predicted octanol–water partition coefficient (Wildman–Crippen LogP) is 4.46. The summed E-state index contributed by atoms with van der Waals surface area (Å²) in [7, 11) is 0. The van der Waals surface area contributed by atoms with Gasteiger partial charge in [0.05, 0.1) is 11.1 Å². The van der Waals surface area contributed by atoms with Gasteiger partial charge in [0.25, 0.3) is 0 Å². The van der Waals surface area contributed by atoms with Crippen LogP contribution in [0.3, 0.4) is 0 Å². The lowest BCUT2D eigenvalue weighted by Gasteiger charge is -2.69. The molecule has 5 rings (SSSR count). The highest BCUT2D eigenvalue weighted by molar-refractivity contribution is 5.95. The lowest BCUT2D eigenvalue weighted by Crippen LogP contribution is -2.80. The van der Waals surface area contributed by atoms with E-state index in [0.29, 0.717) is 0 Å². The van der Waals surface area contributed by atoms with E-state index >= 15 is 0 Å². The van der Waals surface area contributed by atoms with E-state index in [4.69, 9.17) is 18.9 Å². The minimum absolute atomic E-state index is 0.0104. The fraction of sp³-hybridized carbons (Fsp3) is 0.553. The number of hydrogen-bond acceptors (Lipinski definition) is 11. The fourth-order valence-electron chi connectivity index (χ4n) is 9.08. The van der Waals surface area contributed by atoms with Crippen molar-refractivity contribution in [2.45, 2.75) is 104 Å². The second kappa shape index (κ2) is 13.0. The average molecular weight is 679 g/mol. The number of carbonyl (C=O) groups excluding carboxylic acids is 5. The van der Waals surface area contributed by atoms with Gasteiger partial charge in [0, 0.05) is 30.6 Å². The van der Waals surface area contributed by atoms with E-state index in [-0.39, 0.29) is 30.4 Å². The molecule has 3 fully saturated rings. The molecule has 10 atom stereocenters. The molecule has 2 aromatic rings. The van der Waals surface area contributed by atoms with Crippen molar-refractivity contribution in [2.75, 3.05) is 0 Å². The summed E-state index contributed by atoms with van der Waals surface area (Å²) in [6.45, 7) is 11.0. The highest BCUT2D eigenvalue weighted by Gasteiger charge is 2.78. The quantitative estimate of drug-likeness (QED) is 0.314. The van der Waals surface area contributed by atoms with Gasteiger partial charge < -0.3 is 29.2 Å². The summed E-state index contributed by atoms with van der Waals surface area (Å²) >= 11 is 0. The number of aliphatic hydroxyl groups is 2. The zero-order valence-electron chi connectivity index (χ0n) is 29.0. The van der Waals surface area contributed by atoms with Gasteiger partial charge in [0.2, 0.25) is 0 Å². The summed E-state index contributed by atoms with van der Waals surface area (Å²) in [5, 5.41) is 25.0. The zero-order valence-corrected chi connectivity index (χ0v) is 29.0. The number of ketones is 1. The van der Waals surface area contributed by atoms with Gasteiger partial charge in [-0.15, -0.1) is 0 Å². The molecule has 0 spiro atoms. The Hall–Kier alpha value is -4.09. The standard InChI is InChI=1S/C38H46O11/c1-8-36(6)20-25(48-32(42)23-15-11-9-12-16-23)29-37(7)26(19-27(46-21(2)39)38(29,45)34(36)44)35(4,5)30(41)28(47-22(3)40)31(37)49-33(43)24-17-13-10-14-18-24/h9-18,25-31,41,45H,8,19-20H2,1-7H3. The van der Waals surface area contributed by atoms with Crippen LogP contribution in [-0.4, -0.2) is 76.0 Å². The molecule has 2 N–H and O–H groups in total. The van der Waals surface area contributed by atoms with Crippen LogP contribution in [0.4, 0.5) is 0 Å². The van der Waals surface area contributed by atoms with Crippen LogP contribution in [0, 0.1) is 28.1 Å². The molecule has 11 nitrogen and oxygen atoms in total. The first kappa shape index (κ1) is 36.2. The number of fused-ring (bicyclic) bond motifs is 3. The van der Waals surface area contributed by atoms with Crippen LogP contribution in [0.2, 0.25) is 0 Å². The minimum atomic E-state index is -2.45. The van der Waals surface area contributed by atoms with Crippen molar-refractivity contribution in [3.8, 4) is 0 Å². The molecule has 3 aliphatic rings. The molecular weight excluding hydrogens is 632 g/mol. The topological polar surface area (TPSA) is 163 Å². The van der Waals surface area contributed by atoms with Crippen molar-refractivity contribution in [3.63, 3.8) is 0 Å². The van der Waals surface area contributed by atoms with E-state index in [1.807, 2.05) is 0 Å². The highest BCUT2D eigenvalue weighted by Crippen LogP contribution is 2.67. The molecule has 49 heavy (non-hydrogen) atoms. The number of ether oxygens (including phenoxy) is 4. The Morgan fingerprint density at radius 1 is 0.796 bits per heavy atom. The van der Waals surface area contributed by atoms with Gasteiger partial charge in [-0.3, -0.25) is 14.4 Å². The van der Waals surface area contributed by atoms with Crippen LogP contribution in [0.1, 0.15) is 88.4 Å². The largest absolute Gasteiger partial charge is 0.459 e. The average Bonchev–Trinajstić information content (AvgIpc) is 3.05. The van der Waals surface area contributed by atoms with Gasteiger partial charge in [0.1, 0.15) is 24.4 Å². The first-order valence-corrected chi connectivity index (χ1v) is 16.7. The second-order valence-corrected chi connectivity index (χ2v) is 14.8. The maximum absolute atomic E-state index is 14.8. The summed E-state index contributed by atoms with van der Waals surface area (Å²) in [4.78, 5) is 67.5. The number of carbonyl (C=O) groups is 5. The summed E-state index contributed by atoms with van der Waals surface area (Å²) in [6, 6.07) is 16.4. The third-order valence-electron chi connectivity index (χ3n) is 11.6. The maximum Gasteiger partial charge on any atom is 0.338 e. The lowest BCUT2D eigenvalue weighted by atomic mass is 9.38. The minimum Gasteiger partial charge on any atom is -0.459 e. The van der Waals surface area contributed by atoms with Gasteiger partial charge in [-0.05, 0) is 54.9 Å². The number of rotatable bonds is 7. The Morgan fingerprint density at radius 2 is 1.31 bits per heavy atom. The van der Waals surface area contributed by atoms with Gasteiger partial charge in [-0.2, -0.15) is 0 Å². The van der Waals surface area contributed by atoms with E-state index in [1.54, 1.807) is 95.3 Å². The van der Waals surface area contributed by atoms with E-state index in [9.17, 15) is 34.2 Å². The van der Waals surface area contributed by atoms with Gasteiger partial charge in [-0.25, -0.2) is 9.59 Å². The maximum atomic E-state index is 14.8. The third-order valence-corrected chi connectivity index (χ3v) is 11.6. The smallest absolute Gasteiger partial charge is 0.338 e. The Balaban J connectivity index is 1.78. The number of hydrogen-bond donors (Lipinski definition) is 2. The Labute approximate surface area is 286 Å². The summed E-state index contributed by atoms with van der Waals surface area (Å²) in [5.74, 6) is -5.71. The lowest BCUT2D eigenvalue weighted by molar-refractivity contribution is -0.314. The Kier molecular flexibility index (Phi) is 9.59. The first-order valence-electron chi connectivity index (χ1n) is 16.7. The molecule has 0 saturated heterocycles. The normalized spacial score (nSPS) is 36.3. The Morgan fingerprint density at radius 3 is 1.80 bits per heavy atom. The molecule has 11 heteroatoms. The number of Topliss-reactive ketones (excluding diaryl/α,β-unsaturated/α-hetero) is 1. The molecule has 264 valence electrons. The molecule has 10 unspecified atom stereocenters. The SMILES string of the molecule is CCC1(C)CC(OC(=O)c2ccccc2)C2C(O)(C1=O)C(OC(C)=O)CC1C(C)(C)C(O)C(OC(C)=O)C(OC(=O)c3ccccc3)C12C. The van der Waals surface area contributed by atoms with Crippen molar-refractivity contribution < 1.29 is 53.1 Å². The highest BCUT2D eigenvalue weighted by atomic mass is 16.6. The van der Waals surface area contributed by atoms with Crippen LogP contribution in [0.15, 0.2) is 60.7 Å². The molecule has 3 aliphatic carbocycles. The molecule has 0 aliphatic heterocycles. The molecule has 3 saturated carbocycles. The molecule has 0 aromatic heterocycles. The molecule has 2 aromatic carbocycles. The Bertz CT molecular complexity index is 1610. The van der Waals surface area contributed by atoms with E-state index in [0.717, 1.165) is 0 Å². The molecule has 0 heterocycles. The zero-order chi connectivity index (χ0) is 36.1. The molecule has 0 bridgehead atoms. The van der Waals surface area contributed by atoms with Crippen LogP contribution < -0.4 is 0 Å². The van der Waals surface area contributed by atoms with Crippen LogP contribution in [0.25, 0.3) is 0 Å². The number of esters is 4. The monoisotopic (exact) mass is 678 g/mol. The van der Waals surface area contributed by atoms with Crippen LogP contribution >= 0.6 is 0 Å². The van der Waals surface area contributed by atoms with Crippen molar-refractivity contribution in [2.24, 2.45) is 28.1 Å². The summed E-state index contributed by atoms with van der Waals surface area (Å²) in [5.41, 5.74) is -5.92. The van der Waals surface area contributed by atoms with Gasteiger partial charge >= 0.3 is 23.9 Å². The van der Waals surface area contributed by atoms with Gasteiger partial charge in [0.15, 0.2) is 17.5 Å². The molecule has 0 amide bonds. The molecular formula is C38H46O11. The van der Waals surface area contributed by atoms with E-state index in [2.05, 4.69) is 0 Å². The van der Waals surface area contributed by atoms with Crippen molar-refractivity contribution >= 4 is 29.7 Å². The van der Waals surface area contributed by atoms with E-state index in [1.165, 1.54) is 13.8 Å². The van der Waals surface area contributed by atoms with Crippen molar-refractivity contribution in [3.05, 3.63) is 71.8 Å². The van der Waals surface area contributed by atoms with Crippen molar-refractivity contribution in [1.29, 1.82) is 0 Å². The van der Waals surface area contributed by atoms with Crippen LogP contribution in [-0.2, 0) is 33.3 Å². The fourth-order valence-corrected chi connectivity index (χ4v) is 9.08. The number of aliphatic hydroxyl groups excluding tert-OH is 1. The van der Waals surface area contributed by atoms with E-state index < -0.39 is 93.9 Å². The van der Waals surface area contributed by atoms with Crippen molar-refractivity contribution in [1.82, 2.24) is 0 Å². The molecule has 0 radical (unpaired) electrons. The summed E-state index contributed by atoms with van der Waals surface area (Å²) < 4.78 is 24.1. The number of benzene rings is 2. The summed E-state index contributed by atoms with van der Waals surface area (Å²) in [6.07, 6.45) is -6.77. The third kappa shape index (κ3) is 5.94. The predicted molar refractivity (Wildman–Crippen MR) is 175 cm³/mol.